The van der Waals surface area contributed by atoms with Crippen molar-refractivity contribution in [1.29, 1.82) is 0 Å². The van der Waals surface area contributed by atoms with Crippen LogP contribution in [0.15, 0.2) is 0 Å². The van der Waals surface area contributed by atoms with Crippen molar-refractivity contribution in [3.63, 3.8) is 0 Å². The van der Waals surface area contributed by atoms with E-state index in [9.17, 15) is 4.79 Å². The molecule has 0 aromatic carbocycles. The minimum Gasteiger partial charge on any atom is -0.365 e. The van der Waals surface area contributed by atoms with Gasteiger partial charge in [-0.15, -0.1) is 0 Å². The third kappa shape index (κ3) is 1.25. The Bertz CT molecular complexity index is 276. The Morgan fingerprint density at radius 1 is 1.29 bits per heavy atom. The van der Waals surface area contributed by atoms with E-state index in [0.29, 0.717) is 11.9 Å². The van der Waals surface area contributed by atoms with Crippen molar-refractivity contribution < 1.29 is 4.79 Å². The van der Waals surface area contributed by atoms with Gasteiger partial charge in [0.25, 0.3) is 0 Å². The molecular formula is C11H21NOSi. The van der Waals surface area contributed by atoms with Crippen LogP contribution in [0.25, 0.3) is 0 Å². The minimum atomic E-state index is -1.43. The molecule has 1 saturated carbocycles. The lowest BCUT2D eigenvalue weighted by Gasteiger charge is -2.59. The summed E-state index contributed by atoms with van der Waals surface area (Å²) in [5.41, 5.74) is -0.0680. The van der Waals surface area contributed by atoms with E-state index in [1.54, 1.807) is 0 Å². The standard InChI is InChI=1S/C11H21NOSi/c1-11(2)9(8-6-7-8)12(10(11)13)14(3,4)5/h8-9H,6-7H2,1-5H3. The molecule has 1 aliphatic carbocycles. The van der Waals surface area contributed by atoms with Gasteiger partial charge in [-0.25, -0.2) is 0 Å². The predicted molar refractivity (Wildman–Crippen MR) is 60.5 cm³/mol. The van der Waals surface area contributed by atoms with E-state index < -0.39 is 8.24 Å². The van der Waals surface area contributed by atoms with Crippen LogP contribution in [0, 0.1) is 11.3 Å². The molecule has 0 spiro atoms. The van der Waals surface area contributed by atoms with Gasteiger partial charge < -0.3 is 4.57 Å². The summed E-state index contributed by atoms with van der Waals surface area (Å²) in [6.45, 7) is 11.1. The Hall–Kier alpha value is -0.313. The van der Waals surface area contributed by atoms with Crippen molar-refractivity contribution in [3.8, 4) is 0 Å². The number of amides is 1. The highest BCUT2D eigenvalue weighted by atomic mass is 28.3. The summed E-state index contributed by atoms with van der Waals surface area (Å²) in [6.07, 6.45) is 2.67. The van der Waals surface area contributed by atoms with Crippen LogP contribution in [0.4, 0.5) is 0 Å². The molecule has 1 aliphatic heterocycles. The summed E-state index contributed by atoms with van der Waals surface area (Å²) in [5, 5.41) is 0. The van der Waals surface area contributed by atoms with Crippen LogP contribution in [0.1, 0.15) is 26.7 Å². The molecule has 2 fully saturated rings. The van der Waals surface area contributed by atoms with E-state index in [2.05, 4.69) is 38.1 Å². The average Bonchev–Trinajstić information content (AvgIpc) is 2.79. The van der Waals surface area contributed by atoms with Gasteiger partial charge >= 0.3 is 0 Å². The van der Waals surface area contributed by atoms with Gasteiger partial charge in [0.05, 0.1) is 5.41 Å². The largest absolute Gasteiger partial charge is 0.365 e. The van der Waals surface area contributed by atoms with Gasteiger partial charge in [0.2, 0.25) is 5.91 Å². The number of β-lactam (4-membered cyclic amide) rings is 1. The lowest BCUT2D eigenvalue weighted by Crippen LogP contribution is -2.74. The van der Waals surface area contributed by atoms with E-state index in [1.807, 2.05) is 0 Å². The molecule has 0 aromatic rings. The maximum atomic E-state index is 12.0. The molecule has 0 bridgehead atoms. The Balaban J connectivity index is 2.22. The lowest BCUT2D eigenvalue weighted by molar-refractivity contribution is -0.159. The molecular weight excluding hydrogens is 190 g/mol. The third-order valence-corrected chi connectivity index (χ3v) is 5.51. The van der Waals surface area contributed by atoms with E-state index in [-0.39, 0.29) is 5.41 Å². The molecule has 1 amide bonds. The molecule has 0 aromatic heterocycles. The second-order valence-corrected chi connectivity index (χ2v) is 11.2. The summed E-state index contributed by atoms with van der Waals surface area (Å²) >= 11 is 0. The predicted octanol–water partition coefficient (Wildman–Crippen LogP) is 2.47. The van der Waals surface area contributed by atoms with E-state index >= 15 is 0 Å². The van der Waals surface area contributed by atoms with Crippen LogP contribution in [0.2, 0.25) is 19.6 Å². The number of hydrogen-bond acceptors (Lipinski definition) is 1. The molecule has 2 rings (SSSR count). The molecule has 0 radical (unpaired) electrons. The van der Waals surface area contributed by atoms with Gasteiger partial charge in [-0.05, 0) is 32.6 Å². The van der Waals surface area contributed by atoms with Crippen molar-refractivity contribution in [1.82, 2.24) is 4.57 Å². The maximum Gasteiger partial charge on any atom is 0.222 e. The highest BCUT2D eigenvalue weighted by Crippen LogP contribution is 2.52. The summed E-state index contributed by atoms with van der Waals surface area (Å²) in [4.78, 5) is 12.0. The molecule has 2 aliphatic rings. The van der Waals surface area contributed by atoms with Gasteiger partial charge in [0.1, 0.15) is 0 Å². The zero-order chi connectivity index (χ0) is 10.7. The smallest absolute Gasteiger partial charge is 0.222 e. The first-order valence-corrected chi connectivity index (χ1v) is 9.05. The SMILES string of the molecule is CC1(C)C(=O)N([Si](C)(C)C)C1C1CC1. The molecule has 1 heterocycles. The summed E-state index contributed by atoms with van der Waals surface area (Å²) in [6, 6.07) is 0.557. The fourth-order valence-electron chi connectivity index (χ4n) is 2.75. The van der Waals surface area contributed by atoms with Crippen LogP contribution >= 0.6 is 0 Å². The Labute approximate surface area is 87.8 Å². The first-order valence-electron chi connectivity index (χ1n) is 5.60. The fourth-order valence-corrected chi connectivity index (χ4v) is 5.02. The number of hydrogen-bond donors (Lipinski definition) is 0. The number of carbonyl (C=O) groups excluding carboxylic acids is 1. The fraction of sp³-hybridized carbons (Fsp3) is 0.909. The zero-order valence-corrected chi connectivity index (χ0v) is 10.9. The average molecular weight is 211 g/mol. The van der Waals surface area contributed by atoms with Crippen molar-refractivity contribution in [3.05, 3.63) is 0 Å². The van der Waals surface area contributed by atoms with Crippen molar-refractivity contribution >= 4 is 14.1 Å². The highest BCUT2D eigenvalue weighted by Gasteiger charge is 2.61. The number of carbonyl (C=O) groups is 1. The van der Waals surface area contributed by atoms with E-state index in [4.69, 9.17) is 0 Å². The van der Waals surface area contributed by atoms with Gasteiger partial charge in [0.15, 0.2) is 8.24 Å². The Kier molecular flexibility index (Phi) is 1.92. The topological polar surface area (TPSA) is 20.3 Å². The first kappa shape index (κ1) is 10.2. The quantitative estimate of drug-likeness (QED) is 0.507. The molecule has 1 saturated heterocycles. The highest BCUT2D eigenvalue weighted by molar-refractivity contribution is 6.76. The summed E-state index contributed by atoms with van der Waals surface area (Å²) in [5.74, 6) is 1.21. The van der Waals surface area contributed by atoms with E-state index in [0.717, 1.165) is 5.92 Å². The van der Waals surface area contributed by atoms with Crippen LogP contribution in [0.5, 0.6) is 0 Å². The Morgan fingerprint density at radius 2 is 1.79 bits per heavy atom. The minimum absolute atomic E-state index is 0.0680. The lowest BCUT2D eigenvalue weighted by atomic mass is 9.73. The summed E-state index contributed by atoms with van der Waals surface area (Å²) in [7, 11) is -1.43. The normalized spacial score (nSPS) is 31.6. The van der Waals surface area contributed by atoms with Crippen LogP contribution < -0.4 is 0 Å². The van der Waals surface area contributed by atoms with Crippen molar-refractivity contribution in [2.75, 3.05) is 0 Å². The van der Waals surface area contributed by atoms with E-state index in [1.165, 1.54) is 12.8 Å². The number of rotatable bonds is 2. The molecule has 3 heteroatoms. The van der Waals surface area contributed by atoms with Gasteiger partial charge in [0, 0.05) is 6.04 Å². The Morgan fingerprint density at radius 3 is 2.14 bits per heavy atom. The van der Waals surface area contributed by atoms with Crippen LogP contribution in [-0.4, -0.2) is 24.7 Å². The van der Waals surface area contributed by atoms with Crippen molar-refractivity contribution in [2.24, 2.45) is 11.3 Å². The van der Waals surface area contributed by atoms with Crippen LogP contribution in [0.3, 0.4) is 0 Å². The molecule has 2 nitrogen and oxygen atoms in total. The molecule has 0 N–H and O–H groups in total. The van der Waals surface area contributed by atoms with Crippen LogP contribution in [-0.2, 0) is 4.79 Å². The van der Waals surface area contributed by atoms with Gasteiger partial charge in [-0.3, -0.25) is 4.79 Å². The molecule has 1 unspecified atom stereocenters. The maximum absolute atomic E-state index is 12.0. The molecule has 80 valence electrons. The third-order valence-electron chi connectivity index (χ3n) is 3.58. The van der Waals surface area contributed by atoms with Gasteiger partial charge in [-0.2, -0.15) is 0 Å². The van der Waals surface area contributed by atoms with Gasteiger partial charge in [-0.1, -0.05) is 19.6 Å². The second kappa shape index (κ2) is 2.63. The second-order valence-electron chi connectivity index (χ2n) is 6.35. The van der Waals surface area contributed by atoms with Crippen molar-refractivity contribution in [2.45, 2.75) is 52.4 Å². The first-order chi connectivity index (χ1) is 6.26. The summed E-state index contributed by atoms with van der Waals surface area (Å²) < 4.78 is 2.24. The molecule has 1 atom stereocenters. The zero-order valence-electron chi connectivity index (χ0n) is 9.92. The molecule has 14 heavy (non-hydrogen) atoms. The number of nitrogens with zero attached hydrogens (tertiary/aromatic N) is 1. The monoisotopic (exact) mass is 211 g/mol.